The number of nitrogens with one attached hydrogen (secondary N) is 2. The van der Waals surface area contributed by atoms with Crippen LogP contribution in [0, 0.1) is 8.98 Å². The van der Waals surface area contributed by atoms with Crippen LogP contribution in [0.25, 0.3) is 22.8 Å². The Kier molecular flexibility index (Phi) is 8.46. The minimum absolute atomic E-state index is 0.00567. The Morgan fingerprint density at radius 2 is 2.09 bits per heavy atom. The zero-order valence-electron chi connectivity index (χ0n) is 20.1. The van der Waals surface area contributed by atoms with E-state index in [2.05, 4.69) is 64.5 Å². The van der Waals surface area contributed by atoms with E-state index >= 15 is 0 Å². The second kappa shape index (κ2) is 11.9. The topological polar surface area (TPSA) is 93.0 Å². The third kappa shape index (κ3) is 6.25. The molecule has 35 heavy (non-hydrogen) atoms. The van der Waals surface area contributed by atoms with Crippen molar-refractivity contribution in [2.45, 2.75) is 33.3 Å². The Balaban J connectivity index is 1.76. The van der Waals surface area contributed by atoms with Gasteiger partial charge in [0.2, 0.25) is 0 Å². The third-order valence-electron chi connectivity index (χ3n) is 5.30. The summed E-state index contributed by atoms with van der Waals surface area (Å²) in [4.78, 5) is 13.4. The molecule has 0 saturated heterocycles. The summed E-state index contributed by atoms with van der Waals surface area (Å²) in [7, 11) is 0. The molecule has 0 fully saturated rings. The molecule has 1 aromatic carbocycles. The molecule has 2 aromatic heterocycles. The number of aromatic nitrogens is 3. The van der Waals surface area contributed by atoms with Crippen molar-refractivity contribution in [2.24, 2.45) is 0 Å². The van der Waals surface area contributed by atoms with Crippen molar-refractivity contribution in [3.8, 4) is 16.9 Å². The Labute approximate surface area is 216 Å². The van der Waals surface area contributed by atoms with Gasteiger partial charge in [-0.25, -0.2) is 4.98 Å². The molecule has 0 unspecified atom stereocenters. The molecule has 8 heteroatoms. The number of benzene rings is 1. The number of ether oxygens (including phenoxy) is 2. The SMILES string of the molecule is C/C=C\c1cc(-c2cnc3cc2O[C@@H](C)CCOC=C(C=N)c2nccc(n2)N3)ccc1[I-]CC. The van der Waals surface area contributed by atoms with Crippen LogP contribution < -0.4 is 31.3 Å². The average Bonchev–Trinajstić information content (AvgIpc) is 2.85. The first-order chi connectivity index (χ1) is 17.1. The van der Waals surface area contributed by atoms with Crippen molar-refractivity contribution in [1.82, 2.24) is 15.0 Å². The van der Waals surface area contributed by atoms with Gasteiger partial charge in [-0.15, -0.1) is 0 Å². The van der Waals surface area contributed by atoms with Crippen LogP contribution in [0.5, 0.6) is 5.75 Å². The first-order valence-corrected chi connectivity index (χ1v) is 14.2. The van der Waals surface area contributed by atoms with E-state index in [-0.39, 0.29) is 27.3 Å². The van der Waals surface area contributed by atoms with Crippen molar-refractivity contribution in [2.75, 3.05) is 16.4 Å². The number of fused-ring (bicyclic) bond motifs is 4. The number of hydrogen-bond donors (Lipinski definition) is 2. The molecular formula is C27H29IN5O2-. The molecule has 1 aliphatic heterocycles. The van der Waals surface area contributed by atoms with E-state index in [0.717, 1.165) is 16.9 Å². The standard InChI is InChI=1S/C27H29IN5O2/c1-4-6-20-13-19(7-8-23(20)28-5-2)22-16-31-26-14-24(22)35-18(3)10-12-34-17-21(15-29)27-30-11-9-25(32-26)33-27/h4,6-9,11,13-18,29H,5,10,12H2,1-3H3,(H,30,31,32,33)/q-1/b6-4-,21-17?,29-15?/t18-/m0/s1. The van der Waals surface area contributed by atoms with E-state index < -0.39 is 0 Å². The zero-order valence-corrected chi connectivity index (χ0v) is 22.2. The van der Waals surface area contributed by atoms with E-state index in [1.807, 2.05) is 19.2 Å². The molecule has 1 aliphatic rings. The quantitative estimate of drug-likeness (QED) is 0.273. The van der Waals surface area contributed by atoms with Gasteiger partial charge in [-0.1, -0.05) is 0 Å². The maximum absolute atomic E-state index is 7.69. The van der Waals surface area contributed by atoms with Crippen molar-refractivity contribution in [3.05, 3.63) is 70.0 Å². The molecule has 0 amide bonds. The van der Waals surface area contributed by atoms with Gasteiger partial charge in [0.05, 0.1) is 5.57 Å². The zero-order chi connectivity index (χ0) is 24.6. The molecular weight excluding hydrogens is 553 g/mol. The Morgan fingerprint density at radius 3 is 2.89 bits per heavy atom. The second-order valence-corrected chi connectivity index (χ2v) is 11.3. The molecule has 4 rings (SSSR count). The van der Waals surface area contributed by atoms with Crippen LogP contribution >= 0.6 is 0 Å². The fourth-order valence-corrected chi connectivity index (χ4v) is 5.64. The molecule has 2 N–H and O–H groups in total. The molecule has 3 aromatic rings. The number of hydrogen-bond acceptors (Lipinski definition) is 7. The van der Waals surface area contributed by atoms with E-state index in [4.69, 9.17) is 14.9 Å². The number of nitrogens with zero attached hydrogens (tertiary/aromatic N) is 3. The fourth-order valence-electron chi connectivity index (χ4n) is 3.61. The van der Waals surface area contributed by atoms with Crippen molar-refractivity contribution in [3.63, 3.8) is 0 Å². The van der Waals surface area contributed by atoms with Gasteiger partial charge < -0.3 is 5.41 Å². The molecule has 4 bridgehead atoms. The number of allylic oxidation sites excluding steroid dienone is 2. The average molecular weight is 582 g/mol. The molecule has 7 nitrogen and oxygen atoms in total. The van der Waals surface area contributed by atoms with Crippen LogP contribution in [0.1, 0.15) is 38.6 Å². The monoisotopic (exact) mass is 582 g/mol. The normalized spacial score (nSPS) is 16.0. The minimum atomic E-state index is -0.0851. The van der Waals surface area contributed by atoms with Gasteiger partial charge in [-0.05, 0) is 0 Å². The predicted octanol–water partition coefficient (Wildman–Crippen LogP) is 2.77. The predicted molar refractivity (Wildman–Crippen MR) is 136 cm³/mol. The maximum atomic E-state index is 7.69. The van der Waals surface area contributed by atoms with Gasteiger partial charge in [0, 0.05) is 6.21 Å². The molecule has 0 aliphatic carbocycles. The van der Waals surface area contributed by atoms with Crippen LogP contribution in [0.15, 0.2) is 55.1 Å². The summed E-state index contributed by atoms with van der Waals surface area (Å²) in [6.45, 7) is 6.77. The van der Waals surface area contributed by atoms with Crippen LogP contribution in [0.4, 0.5) is 11.6 Å². The van der Waals surface area contributed by atoms with Crippen LogP contribution in [0.3, 0.4) is 0 Å². The number of pyridine rings is 1. The first kappa shape index (κ1) is 24.8. The van der Waals surface area contributed by atoms with Crippen molar-refractivity contribution >= 4 is 29.5 Å². The molecule has 3 heterocycles. The van der Waals surface area contributed by atoms with Gasteiger partial charge in [0.25, 0.3) is 0 Å². The van der Waals surface area contributed by atoms with Gasteiger partial charge >= 0.3 is 195 Å². The number of anilines is 2. The Bertz CT molecular complexity index is 1260. The van der Waals surface area contributed by atoms with Gasteiger partial charge in [-0.2, -0.15) is 0 Å². The fraction of sp³-hybridized carbons (Fsp3) is 0.259. The van der Waals surface area contributed by atoms with Gasteiger partial charge in [0.15, 0.2) is 0 Å². The summed E-state index contributed by atoms with van der Waals surface area (Å²) in [6, 6.07) is 10.3. The van der Waals surface area contributed by atoms with E-state index in [0.29, 0.717) is 36.1 Å². The first-order valence-electron chi connectivity index (χ1n) is 11.6. The molecule has 0 radical (unpaired) electrons. The molecule has 182 valence electrons. The van der Waals surface area contributed by atoms with Crippen LogP contribution in [0.2, 0.25) is 0 Å². The summed E-state index contributed by atoms with van der Waals surface area (Å²) >= 11 is -0.00567. The van der Waals surface area contributed by atoms with E-state index in [9.17, 15) is 0 Å². The number of alkyl halides is 1. The van der Waals surface area contributed by atoms with Crippen LogP contribution in [-0.2, 0) is 4.74 Å². The van der Waals surface area contributed by atoms with Gasteiger partial charge in [0.1, 0.15) is 0 Å². The Morgan fingerprint density at radius 1 is 1.20 bits per heavy atom. The number of rotatable bonds is 5. The van der Waals surface area contributed by atoms with E-state index in [1.54, 1.807) is 12.3 Å². The molecule has 0 spiro atoms. The van der Waals surface area contributed by atoms with Gasteiger partial charge in [-0.3, -0.25) is 0 Å². The van der Waals surface area contributed by atoms with Crippen molar-refractivity contribution in [1.29, 1.82) is 5.41 Å². The summed E-state index contributed by atoms with van der Waals surface area (Å²) in [6.07, 6.45) is 11.1. The van der Waals surface area contributed by atoms with E-state index in [1.165, 1.54) is 26.0 Å². The summed E-state index contributed by atoms with van der Waals surface area (Å²) in [5, 5.41) is 10.9. The third-order valence-corrected chi connectivity index (χ3v) is 7.87. The number of halogens is 1. The van der Waals surface area contributed by atoms with Crippen LogP contribution in [-0.4, -0.2) is 38.3 Å². The van der Waals surface area contributed by atoms with Crippen molar-refractivity contribution < 1.29 is 30.7 Å². The molecule has 1 atom stereocenters. The molecule has 0 saturated carbocycles. The summed E-state index contributed by atoms with van der Waals surface area (Å²) < 4.78 is 14.7. The summed E-state index contributed by atoms with van der Waals surface area (Å²) in [5.41, 5.74) is 3.77. The summed E-state index contributed by atoms with van der Waals surface area (Å²) in [5.74, 6) is 2.36. The Hall–Kier alpha value is -3.27. The second-order valence-electron chi connectivity index (χ2n) is 7.90.